The number of carbonyl (C=O) groups excluding carboxylic acids is 1. The van der Waals surface area contributed by atoms with E-state index in [1.165, 1.54) is 7.11 Å². The summed E-state index contributed by atoms with van der Waals surface area (Å²) in [4.78, 5) is 11.2. The molecule has 0 radical (unpaired) electrons. The number of rotatable bonds is 4. The second-order valence-electron chi connectivity index (χ2n) is 3.09. The number of esters is 1. The average Bonchev–Trinajstić information content (AvgIpc) is 2.28. The highest BCUT2D eigenvalue weighted by atomic mass is 16.5. The van der Waals surface area contributed by atoms with Gasteiger partial charge in [0.2, 0.25) is 0 Å². The molecule has 1 N–H and O–H groups in total. The predicted molar refractivity (Wildman–Crippen MR) is 61.8 cm³/mol. The van der Waals surface area contributed by atoms with Gasteiger partial charge in [0.05, 0.1) is 13.5 Å². The van der Waals surface area contributed by atoms with Crippen molar-refractivity contribution in [2.24, 2.45) is 0 Å². The molecule has 0 aliphatic carbocycles. The van der Waals surface area contributed by atoms with Crippen LogP contribution in [0.25, 0.3) is 6.08 Å². The van der Waals surface area contributed by atoms with Crippen LogP contribution in [-0.4, -0.2) is 20.1 Å². The van der Waals surface area contributed by atoms with E-state index in [1.54, 1.807) is 6.08 Å². The standard InChI is InChI=1S/C12H15NO2/c1-4-9-6-5-7-10(12(9)13-2)8-11(14)15-3/h4-7,13H,1,8H2,2-3H3. The van der Waals surface area contributed by atoms with Crippen molar-refractivity contribution < 1.29 is 9.53 Å². The molecule has 0 amide bonds. The van der Waals surface area contributed by atoms with Gasteiger partial charge in [-0.15, -0.1) is 0 Å². The highest BCUT2D eigenvalue weighted by molar-refractivity contribution is 5.78. The lowest BCUT2D eigenvalue weighted by molar-refractivity contribution is -0.139. The molecule has 0 saturated carbocycles. The molecular formula is C12H15NO2. The number of methoxy groups -OCH3 is 1. The Kier molecular flexibility index (Phi) is 3.92. The minimum Gasteiger partial charge on any atom is -0.469 e. The highest BCUT2D eigenvalue weighted by Crippen LogP contribution is 2.22. The van der Waals surface area contributed by atoms with Gasteiger partial charge in [0.25, 0.3) is 0 Å². The Balaban J connectivity index is 3.06. The molecule has 80 valence electrons. The Hall–Kier alpha value is -1.77. The fourth-order valence-electron chi connectivity index (χ4n) is 1.47. The Morgan fingerprint density at radius 2 is 2.33 bits per heavy atom. The Morgan fingerprint density at radius 3 is 2.87 bits per heavy atom. The number of nitrogens with one attached hydrogen (secondary N) is 1. The SMILES string of the molecule is C=Cc1cccc(CC(=O)OC)c1NC. The molecule has 0 atom stereocenters. The summed E-state index contributed by atoms with van der Waals surface area (Å²) in [7, 11) is 3.21. The van der Waals surface area contributed by atoms with Gasteiger partial charge in [-0.05, 0) is 11.1 Å². The van der Waals surface area contributed by atoms with Crippen molar-refractivity contribution in [1.29, 1.82) is 0 Å². The molecule has 0 aromatic heterocycles. The van der Waals surface area contributed by atoms with Gasteiger partial charge in [-0.3, -0.25) is 4.79 Å². The zero-order valence-electron chi connectivity index (χ0n) is 9.04. The number of hydrogen-bond acceptors (Lipinski definition) is 3. The highest BCUT2D eigenvalue weighted by Gasteiger charge is 2.09. The van der Waals surface area contributed by atoms with Crippen molar-refractivity contribution >= 4 is 17.7 Å². The van der Waals surface area contributed by atoms with Crippen molar-refractivity contribution in [2.45, 2.75) is 6.42 Å². The molecule has 0 unspecified atom stereocenters. The van der Waals surface area contributed by atoms with E-state index in [9.17, 15) is 4.79 Å². The third kappa shape index (κ3) is 2.59. The molecule has 15 heavy (non-hydrogen) atoms. The summed E-state index contributed by atoms with van der Waals surface area (Å²) in [5.41, 5.74) is 2.83. The van der Waals surface area contributed by atoms with Gasteiger partial charge in [-0.25, -0.2) is 0 Å². The molecule has 0 spiro atoms. The monoisotopic (exact) mass is 205 g/mol. The molecule has 0 aliphatic heterocycles. The van der Waals surface area contributed by atoms with E-state index in [4.69, 9.17) is 0 Å². The Bertz CT molecular complexity index is 372. The van der Waals surface area contributed by atoms with E-state index in [-0.39, 0.29) is 12.4 Å². The van der Waals surface area contributed by atoms with Gasteiger partial charge >= 0.3 is 5.97 Å². The van der Waals surface area contributed by atoms with Gasteiger partial charge < -0.3 is 10.1 Å². The first-order valence-electron chi connectivity index (χ1n) is 4.71. The molecule has 0 fully saturated rings. The molecule has 1 aromatic rings. The second-order valence-corrected chi connectivity index (χ2v) is 3.09. The third-order valence-corrected chi connectivity index (χ3v) is 2.22. The first-order valence-corrected chi connectivity index (χ1v) is 4.71. The fourth-order valence-corrected chi connectivity index (χ4v) is 1.47. The van der Waals surface area contributed by atoms with Crippen molar-refractivity contribution in [1.82, 2.24) is 0 Å². The molecule has 1 rings (SSSR count). The summed E-state index contributed by atoms with van der Waals surface area (Å²) >= 11 is 0. The zero-order valence-corrected chi connectivity index (χ0v) is 9.04. The van der Waals surface area contributed by atoms with Crippen LogP contribution in [0.4, 0.5) is 5.69 Å². The maximum Gasteiger partial charge on any atom is 0.310 e. The minimum atomic E-state index is -0.243. The Morgan fingerprint density at radius 1 is 1.60 bits per heavy atom. The smallest absolute Gasteiger partial charge is 0.310 e. The summed E-state index contributed by atoms with van der Waals surface area (Å²) in [5, 5.41) is 3.07. The number of carbonyl (C=O) groups is 1. The summed E-state index contributed by atoms with van der Waals surface area (Å²) < 4.78 is 4.63. The van der Waals surface area contributed by atoms with Crippen LogP contribution >= 0.6 is 0 Å². The number of hydrogen-bond donors (Lipinski definition) is 1. The average molecular weight is 205 g/mol. The number of para-hydroxylation sites is 1. The maximum absolute atomic E-state index is 11.2. The molecule has 0 bridgehead atoms. The summed E-state index contributed by atoms with van der Waals surface area (Å²) in [6.07, 6.45) is 2.03. The third-order valence-electron chi connectivity index (χ3n) is 2.22. The first-order chi connectivity index (χ1) is 7.22. The maximum atomic E-state index is 11.2. The summed E-state index contributed by atoms with van der Waals surface area (Å²) in [6, 6.07) is 5.74. The molecule has 0 saturated heterocycles. The molecule has 1 aromatic carbocycles. The van der Waals surface area contributed by atoms with Crippen molar-refractivity contribution in [3.8, 4) is 0 Å². The van der Waals surface area contributed by atoms with E-state index >= 15 is 0 Å². The second kappa shape index (κ2) is 5.20. The molecule has 0 heterocycles. The van der Waals surface area contributed by atoms with Crippen LogP contribution in [0.1, 0.15) is 11.1 Å². The van der Waals surface area contributed by atoms with Gasteiger partial charge in [0.1, 0.15) is 0 Å². The van der Waals surface area contributed by atoms with Crippen LogP contribution in [0, 0.1) is 0 Å². The van der Waals surface area contributed by atoms with E-state index in [2.05, 4.69) is 16.6 Å². The lowest BCUT2D eigenvalue weighted by Crippen LogP contribution is -2.07. The predicted octanol–water partition coefficient (Wildman–Crippen LogP) is 2.09. The summed E-state index contributed by atoms with van der Waals surface area (Å²) in [5.74, 6) is -0.243. The molecule has 3 nitrogen and oxygen atoms in total. The minimum absolute atomic E-state index is 0.243. The van der Waals surface area contributed by atoms with Gasteiger partial charge in [-0.1, -0.05) is 30.9 Å². The number of ether oxygens (including phenoxy) is 1. The molecular weight excluding hydrogens is 190 g/mol. The zero-order chi connectivity index (χ0) is 11.3. The largest absolute Gasteiger partial charge is 0.469 e. The van der Waals surface area contributed by atoms with E-state index in [0.29, 0.717) is 0 Å². The van der Waals surface area contributed by atoms with Gasteiger partial charge in [0.15, 0.2) is 0 Å². The lowest BCUT2D eigenvalue weighted by Gasteiger charge is -2.11. The Labute approximate surface area is 89.8 Å². The number of benzene rings is 1. The van der Waals surface area contributed by atoms with E-state index in [0.717, 1.165) is 16.8 Å². The van der Waals surface area contributed by atoms with E-state index < -0.39 is 0 Å². The topological polar surface area (TPSA) is 38.3 Å². The van der Waals surface area contributed by atoms with Crippen LogP contribution in [0.15, 0.2) is 24.8 Å². The van der Waals surface area contributed by atoms with Gasteiger partial charge in [0, 0.05) is 12.7 Å². The normalized spacial score (nSPS) is 9.47. The van der Waals surface area contributed by atoms with Crippen LogP contribution < -0.4 is 5.32 Å². The molecule has 3 heteroatoms. The van der Waals surface area contributed by atoms with Crippen molar-refractivity contribution in [3.63, 3.8) is 0 Å². The number of anilines is 1. The quantitative estimate of drug-likeness (QED) is 0.765. The first kappa shape index (κ1) is 11.3. The summed E-state index contributed by atoms with van der Waals surface area (Å²) in [6.45, 7) is 3.72. The van der Waals surface area contributed by atoms with Crippen LogP contribution in [0.3, 0.4) is 0 Å². The van der Waals surface area contributed by atoms with Crippen molar-refractivity contribution in [2.75, 3.05) is 19.5 Å². The van der Waals surface area contributed by atoms with E-state index in [1.807, 2.05) is 25.2 Å². The fraction of sp³-hybridized carbons (Fsp3) is 0.250. The van der Waals surface area contributed by atoms with Crippen LogP contribution in [-0.2, 0) is 16.0 Å². The lowest BCUT2D eigenvalue weighted by atomic mass is 10.0. The van der Waals surface area contributed by atoms with Gasteiger partial charge in [-0.2, -0.15) is 0 Å². The molecule has 0 aliphatic rings. The van der Waals surface area contributed by atoms with Crippen LogP contribution in [0.2, 0.25) is 0 Å². The van der Waals surface area contributed by atoms with Crippen molar-refractivity contribution in [3.05, 3.63) is 35.9 Å². The van der Waals surface area contributed by atoms with Crippen LogP contribution in [0.5, 0.6) is 0 Å².